The molecule has 4 heteroatoms. The molecule has 0 aromatic rings. The topological polar surface area (TPSA) is 29.1 Å². The Labute approximate surface area is 55.8 Å². The van der Waals surface area contributed by atoms with E-state index in [-0.39, 0.29) is 11.6 Å². The van der Waals surface area contributed by atoms with Gasteiger partial charge in [-0.25, -0.2) is 4.39 Å². The summed E-state index contributed by atoms with van der Waals surface area (Å²) >= 11 is 2.98. The maximum atomic E-state index is 11.4. The average molecular weight is 186 g/mol. The van der Waals surface area contributed by atoms with Gasteiger partial charge in [-0.3, -0.25) is 0 Å². The molecule has 0 fully saturated rings. The second-order valence-corrected chi connectivity index (χ2v) is 2.58. The van der Waals surface area contributed by atoms with Crippen molar-refractivity contribution in [1.29, 1.82) is 0 Å². The lowest BCUT2D eigenvalue weighted by Crippen LogP contribution is -2.10. The van der Waals surface area contributed by atoms with Crippen molar-refractivity contribution in [1.82, 2.24) is 0 Å². The van der Waals surface area contributed by atoms with Crippen molar-refractivity contribution in [3.63, 3.8) is 0 Å². The van der Waals surface area contributed by atoms with E-state index in [2.05, 4.69) is 20.7 Å². The third-order valence-electron chi connectivity index (χ3n) is 0.457. The molecule has 2 atom stereocenters. The molecule has 0 saturated carbocycles. The van der Waals surface area contributed by atoms with E-state index >= 15 is 0 Å². The van der Waals surface area contributed by atoms with Crippen molar-refractivity contribution in [2.45, 2.75) is 18.3 Å². The molecule has 0 aliphatic carbocycles. The van der Waals surface area contributed by atoms with E-state index in [9.17, 15) is 9.50 Å². The van der Waals surface area contributed by atoms with E-state index in [1.807, 2.05) is 0 Å². The van der Waals surface area contributed by atoms with Crippen LogP contribution in [0.3, 0.4) is 0 Å². The lowest BCUT2D eigenvalue weighted by atomic mass is 10.7. The van der Waals surface area contributed by atoms with Crippen molar-refractivity contribution in [3.8, 4) is 0 Å². The second-order valence-electron chi connectivity index (χ2n) is 1.29. The van der Waals surface area contributed by atoms with Gasteiger partial charge in [0, 0.05) is 0 Å². The summed E-state index contributed by atoms with van der Waals surface area (Å²) in [6.45, 7) is 1.29. The molecule has 0 rings (SSSR count). The van der Waals surface area contributed by atoms with E-state index in [1.165, 1.54) is 0 Å². The maximum absolute atomic E-state index is 11.4. The summed E-state index contributed by atoms with van der Waals surface area (Å²) in [6, 6.07) is 0. The second kappa shape index (κ2) is 4.23. The monoisotopic (exact) mass is 185 g/mol. The summed E-state index contributed by atoms with van der Waals surface area (Å²) < 4.78 is 15.9. The Kier molecular flexibility index (Phi) is 4.41. The van der Waals surface area contributed by atoms with Crippen LogP contribution in [0.4, 0.5) is 4.39 Å². The third-order valence-corrected chi connectivity index (χ3v) is 0.721. The minimum absolute atomic E-state index is 0.241. The van der Waals surface area contributed by atoms with Crippen molar-refractivity contribution >= 4 is 15.9 Å². The van der Waals surface area contributed by atoms with Crippen LogP contribution >= 0.6 is 15.9 Å². The van der Waals surface area contributed by atoms with Gasteiger partial charge >= 0.3 is 0 Å². The molecule has 0 aliphatic heterocycles. The summed E-state index contributed by atoms with van der Waals surface area (Å²) in [4.78, 5) is 0. The smallest absolute Gasteiger partial charge is 0.254 e. The minimum Gasteiger partial charge on any atom is -0.362 e. The molecular weight excluding hydrogens is 179 g/mol. The SMILES string of the molecule is CC(Br)OCC([O])F. The highest BCUT2D eigenvalue weighted by Crippen LogP contribution is 2.00. The van der Waals surface area contributed by atoms with Gasteiger partial charge in [0.25, 0.3) is 6.36 Å². The molecule has 0 saturated heterocycles. The van der Waals surface area contributed by atoms with Gasteiger partial charge in [-0.1, -0.05) is 15.9 Å². The van der Waals surface area contributed by atoms with Crippen LogP contribution in [0.1, 0.15) is 6.92 Å². The quantitative estimate of drug-likeness (QED) is 0.613. The Bertz CT molecular complexity index is 50.0. The molecule has 0 aliphatic rings. The maximum Gasteiger partial charge on any atom is 0.254 e. The van der Waals surface area contributed by atoms with Crippen molar-refractivity contribution in [3.05, 3.63) is 0 Å². The molecule has 0 aromatic heterocycles. The van der Waals surface area contributed by atoms with Gasteiger partial charge in [0.2, 0.25) is 0 Å². The number of halogens is 2. The molecule has 8 heavy (non-hydrogen) atoms. The predicted octanol–water partition coefficient (Wildman–Crippen LogP) is 1.47. The zero-order chi connectivity index (χ0) is 6.57. The summed E-state index contributed by atoms with van der Waals surface area (Å²) in [6.07, 6.45) is -2.12. The highest BCUT2D eigenvalue weighted by Gasteiger charge is 2.02. The van der Waals surface area contributed by atoms with E-state index in [0.717, 1.165) is 0 Å². The molecule has 0 aromatic carbocycles. The molecule has 0 spiro atoms. The van der Waals surface area contributed by atoms with E-state index < -0.39 is 6.36 Å². The molecule has 1 radical (unpaired) electrons. The molecule has 0 amide bonds. The fraction of sp³-hybridized carbons (Fsp3) is 1.00. The van der Waals surface area contributed by atoms with Gasteiger partial charge in [0.15, 0.2) is 0 Å². The van der Waals surface area contributed by atoms with Crippen LogP contribution in [0.25, 0.3) is 0 Å². The fourth-order valence-corrected chi connectivity index (χ4v) is 0.361. The van der Waals surface area contributed by atoms with Crippen LogP contribution in [-0.4, -0.2) is 18.0 Å². The van der Waals surface area contributed by atoms with E-state index in [4.69, 9.17) is 0 Å². The number of hydrogen-bond acceptors (Lipinski definition) is 1. The highest BCUT2D eigenvalue weighted by atomic mass is 79.9. The number of alkyl halides is 2. The van der Waals surface area contributed by atoms with Crippen molar-refractivity contribution < 1.29 is 14.2 Å². The van der Waals surface area contributed by atoms with Crippen LogP contribution < -0.4 is 0 Å². The Morgan fingerprint density at radius 2 is 2.38 bits per heavy atom. The molecule has 0 heterocycles. The van der Waals surface area contributed by atoms with E-state index in [1.54, 1.807) is 6.92 Å². The number of hydrogen-bond donors (Lipinski definition) is 0. The Morgan fingerprint density at radius 1 is 1.88 bits per heavy atom. The van der Waals surface area contributed by atoms with Gasteiger partial charge in [-0.05, 0) is 6.92 Å². The Balaban J connectivity index is 2.93. The first-order valence-electron chi connectivity index (χ1n) is 2.18. The zero-order valence-electron chi connectivity index (χ0n) is 4.43. The van der Waals surface area contributed by atoms with E-state index in [0.29, 0.717) is 0 Å². The standard InChI is InChI=1S/C4H7BrFO2/c1-3(5)8-2-4(6)7/h3-4H,2H2,1H3. The number of ether oxygens (including phenoxy) is 1. The van der Waals surface area contributed by atoms with Crippen LogP contribution in [0.5, 0.6) is 0 Å². The van der Waals surface area contributed by atoms with Crippen LogP contribution in [0, 0.1) is 0 Å². The van der Waals surface area contributed by atoms with Crippen molar-refractivity contribution in [2.24, 2.45) is 0 Å². The molecule has 0 N–H and O–H groups in total. The Hall–Kier alpha value is 0.330. The molecule has 2 nitrogen and oxygen atoms in total. The van der Waals surface area contributed by atoms with Crippen LogP contribution in [0.15, 0.2) is 0 Å². The third kappa shape index (κ3) is 6.33. The predicted molar refractivity (Wildman–Crippen MR) is 29.9 cm³/mol. The van der Waals surface area contributed by atoms with Gasteiger partial charge in [-0.2, -0.15) is 5.11 Å². The first kappa shape index (κ1) is 8.33. The van der Waals surface area contributed by atoms with Gasteiger partial charge < -0.3 is 4.74 Å². The zero-order valence-corrected chi connectivity index (χ0v) is 6.02. The number of rotatable bonds is 3. The van der Waals surface area contributed by atoms with Gasteiger partial charge in [0.1, 0.15) is 11.6 Å². The van der Waals surface area contributed by atoms with Gasteiger partial charge in [0.05, 0.1) is 0 Å². The summed E-state index contributed by atoms with van der Waals surface area (Å²) in [5.41, 5.74) is 0. The first-order chi connectivity index (χ1) is 3.63. The molecular formula is C4H7BrFO2. The minimum atomic E-state index is -2.12. The van der Waals surface area contributed by atoms with Crippen molar-refractivity contribution in [2.75, 3.05) is 6.61 Å². The molecule has 49 valence electrons. The Morgan fingerprint density at radius 3 is 2.50 bits per heavy atom. The lowest BCUT2D eigenvalue weighted by Gasteiger charge is -2.02. The average Bonchev–Trinajstić information content (AvgIpc) is 1.61. The molecule has 2 unspecified atom stereocenters. The summed E-state index contributed by atoms with van der Waals surface area (Å²) in [5.74, 6) is 0. The normalized spacial score (nSPS) is 18.0. The van der Waals surface area contributed by atoms with Crippen LogP contribution in [0.2, 0.25) is 0 Å². The highest BCUT2D eigenvalue weighted by molar-refractivity contribution is 9.09. The molecule has 0 bridgehead atoms. The summed E-state index contributed by atoms with van der Waals surface area (Å²) in [5, 5.41) is 9.38. The fourth-order valence-electron chi connectivity index (χ4n) is 0.208. The van der Waals surface area contributed by atoms with Gasteiger partial charge in [-0.15, -0.1) is 0 Å². The van der Waals surface area contributed by atoms with Crippen LogP contribution in [-0.2, 0) is 9.84 Å². The first-order valence-corrected chi connectivity index (χ1v) is 3.10. The summed E-state index contributed by atoms with van der Waals surface area (Å²) in [7, 11) is 0. The lowest BCUT2D eigenvalue weighted by molar-refractivity contribution is -0.0825. The largest absolute Gasteiger partial charge is 0.362 e.